The van der Waals surface area contributed by atoms with Gasteiger partial charge in [0.25, 0.3) is 0 Å². The second-order valence-corrected chi connectivity index (χ2v) is 2.33. The summed E-state index contributed by atoms with van der Waals surface area (Å²) in [6.07, 6.45) is 1.01. The SMILES string of the molecule is O=[N+]([O-])c1ncc(O)cc1CCl. The molecule has 0 radical (unpaired) electrons. The second kappa shape index (κ2) is 3.36. The lowest BCUT2D eigenvalue weighted by molar-refractivity contribution is -0.390. The lowest BCUT2D eigenvalue weighted by Crippen LogP contribution is -1.96. The zero-order valence-electron chi connectivity index (χ0n) is 5.90. The Bertz CT molecular complexity index is 316. The number of nitrogens with zero attached hydrogens (tertiary/aromatic N) is 2. The molecule has 12 heavy (non-hydrogen) atoms. The van der Waals surface area contributed by atoms with Crippen molar-refractivity contribution in [3.05, 3.63) is 27.9 Å². The first kappa shape index (κ1) is 8.73. The number of rotatable bonds is 2. The van der Waals surface area contributed by atoms with E-state index in [0.29, 0.717) is 0 Å². The van der Waals surface area contributed by atoms with Crippen molar-refractivity contribution in [3.8, 4) is 5.75 Å². The molecule has 0 fully saturated rings. The number of pyridine rings is 1. The Morgan fingerprint density at radius 3 is 2.92 bits per heavy atom. The molecule has 0 saturated carbocycles. The van der Waals surface area contributed by atoms with Gasteiger partial charge >= 0.3 is 5.82 Å². The molecule has 0 aliphatic rings. The average molecular weight is 189 g/mol. The molecule has 0 unspecified atom stereocenters. The maximum atomic E-state index is 10.3. The maximum absolute atomic E-state index is 10.3. The molecule has 0 saturated heterocycles. The van der Waals surface area contributed by atoms with Crippen LogP contribution in [-0.2, 0) is 5.88 Å². The number of hydrogen-bond donors (Lipinski definition) is 1. The van der Waals surface area contributed by atoms with E-state index in [2.05, 4.69) is 4.98 Å². The monoisotopic (exact) mass is 188 g/mol. The number of aromatic nitrogens is 1. The molecule has 0 spiro atoms. The van der Waals surface area contributed by atoms with Crippen LogP contribution in [0.3, 0.4) is 0 Å². The van der Waals surface area contributed by atoms with E-state index in [1.54, 1.807) is 0 Å². The lowest BCUT2D eigenvalue weighted by atomic mass is 10.3. The molecule has 0 aromatic carbocycles. The number of aromatic hydroxyl groups is 1. The Morgan fingerprint density at radius 2 is 2.42 bits per heavy atom. The minimum Gasteiger partial charge on any atom is -0.504 e. The van der Waals surface area contributed by atoms with Gasteiger partial charge in [-0.3, -0.25) is 0 Å². The summed E-state index contributed by atoms with van der Waals surface area (Å²) in [5.41, 5.74) is 0.210. The molecule has 1 aromatic heterocycles. The Hall–Kier alpha value is -1.36. The molecule has 1 heterocycles. The first-order valence-corrected chi connectivity index (χ1v) is 3.57. The summed E-state index contributed by atoms with van der Waals surface area (Å²) in [7, 11) is 0. The molecule has 0 amide bonds. The van der Waals surface area contributed by atoms with Gasteiger partial charge in [0.2, 0.25) is 0 Å². The summed E-state index contributed by atoms with van der Waals surface area (Å²) in [5, 5.41) is 19.2. The van der Waals surface area contributed by atoms with E-state index >= 15 is 0 Å². The summed E-state index contributed by atoms with van der Waals surface area (Å²) in [6.45, 7) is 0. The minimum absolute atomic E-state index is 0.0439. The molecular weight excluding hydrogens is 184 g/mol. The summed E-state index contributed by atoms with van der Waals surface area (Å²) in [6, 6.07) is 1.22. The van der Waals surface area contributed by atoms with Crippen molar-refractivity contribution < 1.29 is 10.0 Å². The fourth-order valence-corrected chi connectivity index (χ4v) is 0.950. The molecule has 6 heteroatoms. The van der Waals surface area contributed by atoms with Crippen LogP contribution in [0.15, 0.2) is 12.3 Å². The van der Waals surface area contributed by atoms with E-state index in [0.717, 1.165) is 6.20 Å². The smallest absolute Gasteiger partial charge is 0.368 e. The van der Waals surface area contributed by atoms with Crippen molar-refractivity contribution in [2.45, 2.75) is 5.88 Å². The maximum Gasteiger partial charge on any atom is 0.368 e. The zero-order valence-corrected chi connectivity index (χ0v) is 6.65. The second-order valence-electron chi connectivity index (χ2n) is 2.07. The van der Waals surface area contributed by atoms with Crippen LogP contribution in [0.2, 0.25) is 0 Å². The van der Waals surface area contributed by atoms with Gasteiger partial charge in [-0.25, -0.2) is 0 Å². The topological polar surface area (TPSA) is 76.3 Å². The molecule has 1 rings (SSSR count). The van der Waals surface area contributed by atoms with Crippen LogP contribution in [0.4, 0.5) is 5.82 Å². The first-order chi connectivity index (χ1) is 5.65. The third-order valence-electron chi connectivity index (χ3n) is 1.25. The third-order valence-corrected chi connectivity index (χ3v) is 1.53. The Kier molecular flexibility index (Phi) is 2.44. The molecule has 0 atom stereocenters. The Labute approximate surface area is 72.8 Å². The van der Waals surface area contributed by atoms with Crippen molar-refractivity contribution in [3.63, 3.8) is 0 Å². The fraction of sp³-hybridized carbons (Fsp3) is 0.167. The van der Waals surface area contributed by atoms with E-state index in [1.807, 2.05) is 0 Å². The van der Waals surface area contributed by atoms with Gasteiger partial charge < -0.3 is 15.2 Å². The standard InChI is InChI=1S/C6H5ClN2O3/c7-2-4-1-5(10)3-8-6(4)9(11)12/h1,3,10H,2H2. The predicted molar refractivity (Wildman–Crippen MR) is 42.1 cm³/mol. The van der Waals surface area contributed by atoms with Crippen molar-refractivity contribution in [1.29, 1.82) is 0 Å². The summed E-state index contributed by atoms with van der Waals surface area (Å²) in [5.74, 6) is -0.489. The Morgan fingerprint density at radius 1 is 1.75 bits per heavy atom. The molecular formula is C6H5ClN2O3. The highest BCUT2D eigenvalue weighted by atomic mass is 35.5. The number of alkyl halides is 1. The first-order valence-electron chi connectivity index (χ1n) is 3.03. The molecule has 64 valence electrons. The van der Waals surface area contributed by atoms with Crippen LogP contribution >= 0.6 is 11.6 Å². The fourth-order valence-electron chi connectivity index (χ4n) is 0.753. The molecule has 0 bridgehead atoms. The van der Waals surface area contributed by atoms with Gasteiger partial charge in [-0.2, -0.15) is 0 Å². The van der Waals surface area contributed by atoms with E-state index < -0.39 is 4.92 Å². The summed E-state index contributed by atoms with van der Waals surface area (Å²) < 4.78 is 0. The van der Waals surface area contributed by atoms with Crippen LogP contribution < -0.4 is 0 Å². The molecule has 5 nitrogen and oxygen atoms in total. The van der Waals surface area contributed by atoms with Gasteiger partial charge in [-0.1, -0.05) is 0 Å². The molecule has 1 aromatic rings. The zero-order chi connectivity index (χ0) is 9.14. The van der Waals surface area contributed by atoms with Crippen LogP contribution in [0.25, 0.3) is 0 Å². The highest BCUT2D eigenvalue weighted by Gasteiger charge is 2.14. The highest BCUT2D eigenvalue weighted by Crippen LogP contribution is 2.21. The lowest BCUT2D eigenvalue weighted by Gasteiger charge is -1.97. The van der Waals surface area contributed by atoms with E-state index in [4.69, 9.17) is 16.7 Å². The Balaban J connectivity index is 3.20. The number of halogens is 1. The minimum atomic E-state index is -0.642. The third kappa shape index (κ3) is 1.62. The van der Waals surface area contributed by atoms with Gasteiger partial charge in [0.1, 0.15) is 0 Å². The van der Waals surface area contributed by atoms with Crippen LogP contribution in [0, 0.1) is 10.1 Å². The van der Waals surface area contributed by atoms with Crippen molar-refractivity contribution in [2.75, 3.05) is 0 Å². The van der Waals surface area contributed by atoms with Gasteiger partial charge in [-0.05, 0) is 16.0 Å². The van der Waals surface area contributed by atoms with Crippen LogP contribution in [0.5, 0.6) is 5.75 Å². The predicted octanol–water partition coefficient (Wildman–Crippen LogP) is 1.43. The van der Waals surface area contributed by atoms with Gasteiger partial charge in [0.05, 0.1) is 11.4 Å². The molecule has 1 N–H and O–H groups in total. The molecule has 0 aliphatic heterocycles. The van der Waals surface area contributed by atoms with Crippen LogP contribution in [0.1, 0.15) is 5.56 Å². The van der Waals surface area contributed by atoms with Gasteiger partial charge in [-0.15, -0.1) is 11.6 Å². The quantitative estimate of drug-likeness (QED) is 0.433. The van der Waals surface area contributed by atoms with E-state index in [-0.39, 0.29) is 23.0 Å². The normalized spacial score (nSPS) is 9.75. The highest BCUT2D eigenvalue weighted by molar-refractivity contribution is 6.17. The number of hydrogen-bond acceptors (Lipinski definition) is 4. The number of nitro groups is 1. The van der Waals surface area contributed by atoms with Crippen LogP contribution in [-0.4, -0.2) is 15.0 Å². The summed E-state index contributed by atoms with van der Waals surface area (Å²) >= 11 is 5.39. The van der Waals surface area contributed by atoms with Gasteiger partial charge in [0.15, 0.2) is 11.9 Å². The largest absolute Gasteiger partial charge is 0.504 e. The van der Waals surface area contributed by atoms with Crippen molar-refractivity contribution in [1.82, 2.24) is 4.98 Å². The summed E-state index contributed by atoms with van der Waals surface area (Å²) in [4.78, 5) is 13.1. The van der Waals surface area contributed by atoms with Crippen molar-refractivity contribution in [2.24, 2.45) is 0 Å². The van der Waals surface area contributed by atoms with Crippen molar-refractivity contribution >= 4 is 17.4 Å². The van der Waals surface area contributed by atoms with E-state index in [1.165, 1.54) is 6.07 Å². The average Bonchev–Trinajstić information content (AvgIpc) is 2.03. The van der Waals surface area contributed by atoms with E-state index in [9.17, 15) is 10.1 Å². The van der Waals surface area contributed by atoms with Gasteiger partial charge in [0, 0.05) is 0 Å². The molecule has 0 aliphatic carbocycles.